The number of aromatic nitrogens is 2. The lowest BCUT2D eigenvalue weighted by atomic mass is 9.45. The second kappa shape index (κ2) is 6.68. The highest BCUT2D eigenvalue weighted by molar-refractivity contribution is 5.57. The first-order chi connectivity index (χ1) is 13.7. The molecule has 0 spiro atoms. The van der Waals surface area contributed by atoms with Gasteiger partial charge in [-0.25, -0.2) is 0 Å². The monoisotopic (exact) mass is 398 g/mol. The van der Waals surface area contributed by atoms with Crippen LogP contribution < -0.4 is 0 Å². The summed E-state index contributed by atoms with van der Waals surface area (Å²) in [6, 6.07) is 0. The van der Waals surface area contributed by atoms with Crippen molar-refractivity contribution in [2.24, 2.45) is 41.5 Å². The van der Waals surface area contributed by atoms with Crippen LogP contribution in [0.15, 0.2) is 11.8 Å². The Morgan fingerprint density at radius 2 is 1.83 bits per heavy atom. The Labute approximate surface area is 175 Å². The van der Waals surface area contributed by atoms with Gasteiger partial charge in [-0.1, -0.05) is 13.8 Å². The summed E-state index contributed by atoms with van der Waals surface area (Å²) in [4.78, 5) is 0. The Bertz CT molecular complexity index is 829. The number of aliphatic hydroxyl groups is 2. The van der Waals surface area contributed by atoms with E-state index in [-0.39, 0.29) is 17.6 Å². The Hall–Kier alpha value is -1.13. The van der Waals surface area contributed by atoms with E-state index >= 15 is 0 Å². The van der Waals surface area contributed by atoms with E-state index < -0.39 is 0 Å². The quantitative estimate of drug-likeness (QED) is 0.733. The molecule has 29 heavy (non-hydrogen) atoms. The Morgan fingerprint density at radius 1 is 1.07 bits per heavy atom. The molecule has 0 amide bonds. The van der Waals surface area contributed by atoms with E-state index in [1.807, 2.05) is 17.9 Å². The highest BCUT2D eigenvalue weighted by atomic mass is 16.3. The zero-order chi connectivity index (χ0) is 20.6. The molecule has 0 radical (unpaired) electrons. The Morgan fingerprint density at radius 3 is 2.55 bits per heavy atom. The second-order valence-electron chi connectivity index (χ2n) is 11.3. The van der Waals surface area contributed by atoms with Gasteiger partial charge in [0.2, 0.25) is 0 Å². The predicted molar refractivity (Wildman–Crippen MR) is 115 cm³/mol. The molecule has 1 heterocycles. The van der Waals surface area contributed by atoms with Crippen LogP contribution in [0, 0.1) is 41.4 Å². The molecular weight excluding hydrogens is 360 g/mol. The van der Waals surface area contributed by atoms with Gasteiger partial charge in [-0.15, -0.1) is 0 Å². The molecule has 0 saturated heterocycles. The second-order valence-corrected chi connectivity index (χ2v) is 11.3. The molecular formula is C25H38N2O2. The number of fused-ring (bicyclic) bond motifs is 5. The van der Waals surface area contributed by atoms with E-state index in [0.717, 1.165) is 48.8 Å². The zero-order valence-electron chi connectivity index (χ0n) is 18.6. The van der Waals surface area contributed by atoms with Crippen LogP contribution in [0.1, 0.15) is 76.5 Å². The van der Waals surface area contributed by atoms with Gasteiger partial charge >= 0.3 is 0 Å². The Balaban J connectivity index is 1.45. The third-order valence-electron chi connectivity index (χ3n) is 10.1. The van der Waals surface area contributed by atoms with Gasteiger partial charge in [0, 0.05) is 23.7 Å². The Kier molecular flexibility index (Phi) is 4.57. The molecule has 2 N–H and O–H groups in total. The largest absolute Gasteiger partial charge is 0.393 e. The molecule has 160 valence electrons. The molecule has 4 fully saturated rings. The minimum absolute atomic E-state index is 0.0144. The lowest BCUT2D eigenvalue weighted by molar-refractivity contribution is -0.133. The van der Waals surface area contributed by atoms with Crippen molar-refractivity contribution in [3.8, 4) is 0 Å². The minimum atomic E-state index is -0.327. The van der Waals surface area contributed by atoms with Crippen molar-refractivity contribution in [3.63, 3.8) is 0 Å². The maximum Gasteiger partial charge on any atom is 0.0809 e. The van der Waals surface area contributed by atoms with Crippen molar-refractivity contribution in [1.29, 1.82) is 0 Å². The van der Waals surface area contributed by atoms with E-state index in [9.17, 15) is 10.2 Å². The van der Waals surface area contributed by atoms with Crippen molar-refractivity contribution in [2.75, 3.05) is 0 Å². The molecule has 1 aromatic rings. The van der Waals surface area contributed by atoms with Crippen molar-refractivity contribution >= 4 is 6.08 Å². The summed E-state index contributed by atoms with van der Waals surface area (Å²) in [5, 5.41) is 26.0. The van der Waals surface area contributed by atoms with Crippen LogP contribution in [0.2, 0.25) is 0 Å². The molecule has 0 aromatic carbocycles. The average Bonchev–Trinajstić information content (AvgIpc) is 3.14. The molecule has 0 aliphatic heterocycles. The topological polar surface area (TPSA) is 58.3 Å². The molecule has 4 nitrogen and oxygen atoms in total. The van der Waals surface area contributed by atoms with E-state index in [4.69, 9.17) is 0 Å². The molecule has 0 bridgehead atoms. The molecule has 4 saturated carbocycles. The van der Waals surface area contributed by atoms with Crippen LogP contribution in [0.3, 0.4) is 0 Å². The maximum atomic E-state index is 11.4. The number of nitrogens with zero attached hydrogens (tertiary/aromatic N) is 2. The summed E-state index contributed by atoms with van der Waals surface area (Å²) >= 11 is 0. The minimum Gasteiger partial charge on any atom is -0.393 e. The zero-order valence-corrected chi connectivity index (χ0v) is 18.6. The first-order valence-corrected chi connectivity index (χ1v) is 11.8. The van der Waals surface area contributed by atoms with Gasteiger partial charge < -0.3 is 10.2 Å². The number of hydrogen-bond acceptors (Lipinski definition) is 3. The van der Waals surface area contributed by atoms with Crippen molar-refractivity contribution in [1.82, 2.24) is 9.78 Å². The number of aryl methyl sites for hydroxylation is 1. The third-order valence-corrected chi connectivity index (χ3v) is 10.1. The summed E-state index contributed by atoms with van der Waals surface area (Å²) in [7, 11) is 1.98. The van der Waals surface area contributed by atoms with E-state index in [1.165, 1.54) is 31.3 Å². The van der Waals surface area contributed by atoms with Gasteiger partial charge in [0.15, 0.2) is 0 Å². The SMILES string of the molecule is Cc1c(/C=C2/CC3C4CCC5CC(O)CCC5(C)C4CCC3(C)C2O)cnn1C. The molecule has 4 aliphatic carbocycles. The molecule has 5 rings (SSSR count). The standard InChI is InChI=1S/C25H38N2O2/c1-15-17(14-26-27(15)4)11-16-12-22-20-6-5-18-13-19(28)7-9-24(18,2)21(20)8-10-25(22,3)23(16)29/h11,14,18-23,28-29H,5-10,12-13H2,1-4H3/b16-11-. The third kappa shape index (κ3) is 2.81. The van der Waals surface area contributed by atoms with Crippen LogP contribution in [-0.4, -0.2) is 32.2 Å². The first kappa shape index (κ1) is 19.8. The highest BCUT2D eigenvalue weighted by Crippen LogP contribution is 2.67. The lowest BCUT2D eigenvalue weighted by Gasteiger charge is -2.60. The van der Waals surface area contributed by atoms with Crippen LogP contribution >= 0.6 is 0 Å². The van der Waals surface area contributed by atoms with Gasteiger partial charge in [-0.3, -0.25) is 4.68 Å². The molecule has 4 heteroatoms. The van der Waals surface area contributed by atoms with Crippen molar-refractivity contribution < 1.29 is 10.2 Å². The van der Waals surface area contributed by atoms with Crippen molar-refractivity contribution in [3.05, 3.63) is 23.0 Å². The van der Waals surface area contributed by atoms with E-state index in [1.54, 1.807) is 0 Å². The summed E-state index contributed by atoms with van der Waals surface area (Å²) in [6.45, 7) is 6.99. The number of rotatable bonds is 1. The fourth-order valence-electron chi connectivity index (χ4n) is 8.09. The summed E-state index contributed by atoms with van der Waals surface area (Å²) < 4.78 is 1.91. The van der Waals surface area contributed by atoms with Gasteiger partial charge in [0.05, 0.1) is 18.4 Å². The van der Waals surface area contributed by atoms with E-state index in [2.05, 4.69) is 31.9 Å². The fraction of sp³-hybridized carbons (Fsp3) is 0.800. The predicted octanol–water partition coefficient (Wildman–Crippen LogP) is 4.49. The number of aliphatic hydroxyl groups excluding tert-OH is 2. The van der Waals surface area contributed by atoms with Crippen molar-refractivity contribution in [2.45, 2.75) is 84.3 Å². The van der Waals surface area contributed by atoms with Gasteiger partial charge in [-0.2, -0.15) is 5.10 Å². The van der Waals surface area contributed by atoms with Crippen LogP contribution in [0.4, 0.5) is 0 Å². The molecule has 1 aromatic heterocycles. The van der Waals surface area contributed by atoms with E-state index in [0.29, 0.717) is 17.3 Å². The van der Waals surface area contributed by atoms with Gasteiger partial charge in [-0.05, 0) is 99.0 Å². The summed E-state index contributed by atoms with van der Waals surface area (Å²) in [5.74, 6) is 2.76. The molecule has 8 unspecified atom stereocenters. The summed E-state index contributed by atoms with van der Waals surface area (Å²) in [5.41, 5.74) is 3.94. The van der Waals surface area contributed by atoms with Gasteiger partial charge in [0.25, 0.3) is 0 Å². The highest BCUT2D eigenvalue weighted by Gasteiger charge is 2.61. The lowest BCUT2D eigenvalue weighted by Crippen LogP contribution is -2.54. The molecule has 8 atom stereocenters. The van der Waals surface area contributed by atoms with Crippen LogP contribution in [-0.2, 0) is 7.05 Å². The first-order valence-electron chi connectivity index (χ1n) is 11.8. The maximum absolute atomic E-state index is 11.4. The average molecular weight is 399 g/mol. The van der Waals surface area contributed by atoms with Crippen LogP contribution in [0.25, 0.3) is 6.08 Å². The summed E-state index contributed by atoms with van der Waals surface area (Å²) in [6.07, 6.45) is 12.9. The smallest absolute Gasteiger partial charge is 0.0809 e. The molecule has 4 aliphatic rings. The number of hydrogen-bond donors (Lipinski definition) is 2. The van der Waals surface area contributed by atoms with Crippen LogP contribution in [0.5, 0.6) is 0 Å². The normalized spacial score (nSPS) is 48.3. The van der Waals surface area contributed by atoms with Gasteiger partial charge in [0.1, 0.15) is 0 Å². The fourth-order valence-corrected chi connectivity index (χ4v) is 8.09.